The van der Waals surface area contributed by atoms with Gasteiger partial charge in [-0.2, -0.15) is 10.2 Å². The molecule has 6 heteroatoms. The molecule has 0 saturated carbocycles. The standard InChI is InChI=1S/C24H25N5O/c1-16-3-5-19(6-4-16)24(30)28-14-18(9-17(28)2)15-29-23-8-7-20(10-21(23)13-27-29)22-11-25-26-12-22/h3-8,10-13,17-18H,9,14-15H2,1-2H3,(H,25,26)/t17-,18+/m1/s1. The molecule has 1 aliphatic heterocycles. The summed E-state index contributed by atoms with van der Waals surface area (Å²) in [5.41, 5.74) is 5.25. The van der Waals surface area contributed by atoms with Crippen molar-refractivity contribution in [1.82, 2.24) is 24.9 Å². The predicted molar refractivity (Wildman–Crippen MR) is 117 cm³/mol. The molecule has 0 bridgehead atoms. The Labute approximate surface area is 175 Å². The lowest BCUT2D eigenvalue weighted by Crippen LogP contribution is -2.34. The molecule has 0 spiro atoms. The molecule has 5 rings (SSSR count). The third-order valence-corrected chi connectivity index (χ3v) is 6.13. The molecule has 4 aromatic rings. The van der Waals surface area contributed by atoms with E-state index < -0.39 is 0 Å². The minimum absolute atomic E-state index is 0.125. The highest BCUT2D eigenvalue weighted by atomic mass is 16.2. The van der Waals surface area contributed by atoms with Crippen LogP contribution in [0.3, 0.4) is 0 Å². The van der Waals surface area contributed by atoms with Crippen LogP contribution in [0.1, 0.15) is 29.3 Å². The number of hydrogen-bond acceptors (Lipinski definition) is 3. The van der Waals surface area contributed by atoms with Gasteiger partial charge in [0.05, 0.1) is 17.9 Å². The number of likely N-dealkylation sites (tertiary alicyclic amines) is 1. The van der Waals surface area contributed by atoms with E-state index in [2.05, 4.69) is 45.1 Å². The average molecular weight is 399 g/mol. The van der Waals surface area contributed by atoms with Crippen molar-refractivity contribution in [2.45, 2.75) is 32.9 Å². The van der Waals surface area contributed by atoms with Gasteiger partial charge in [0.1, 0.15) is 0 Å². The molecule has 30 heavy (non-hydrogen) atoms. The van der Waals surface area contributed by atoms with Gasteiger partial charge in [-0.1, -0.05) is 23.8 Å². The molecule has 0 radical (unpaired) electrons. The Morgan fingerprint density at radius 3 is 2.73 bits per heavy atom. The number of nitrogens with zero attached hydrogens (tertiary/aromatic N) is 4. The molecule has 6 nitrogen and oxygen atoms in total. The lowest BCUT2D eigenvalue weighted by Gasteiger charge is -2.21. The van der Waals surface area contributed by atoms with E-state index in [9.17, 15) is 4.79 Å². The number of H-pyrrole nitrogens is 1. The zero-order chi connectivity index (χ0) is 20.7. The lowest BCUT2D eigenvalue weighted by atomic mass is 10.1. The number of carbonyl (C=O) groups excluding carboxylic acids is 1. The van der Waals surface area contributed by atoms with Crippen LogP contribution in [0.25, 0.3) is 22.0 Å². The van der Waals surface area contributed by atoms with Crippen LogP contribution in [0, 0.1) is 12.8 Å². The molecule has 1 saturated heterocycles. The summed E-state index contributed by atoms with van der Waals surface area (Å²) < 4.78 is 2.08. The van der Waals surface area contributed by atoms with Gasteiger partial charge in [-0.25, -0.2) is 0 Å². The van der Waals surface area contributed by atoms with E-state index in [4.69, 9.17) is 0 Å². The Hall–Kier alpha value is -3.41. The van der Waals surface area contributed by atoms with Gasteiger partial charge in [0, 0.05) is 41.8 Å². The van der Waals surface area contributed by atoms with Crippen LogP contribution >= 0.6 is 0 Å². The topological polar surface area (TPSA) is 66.8 Å². The fraction of sp³-hybridized carbons (Fsp3) is 0.292. The van der Waals surface area contributed by atoms with Crippen LogP contribution in [0.5, 0.6) is 0 Å². The second kappa shape index (κ2) is 7.44. The fourth-order valence-electron chi connectivity index (χ4n) is 4.49. The van der Waals surface area contributed by atoms with Gasteiger partial charge in [0.25, 0.3) is 5.91 Å². The van der Waals surface area contributed by atoms with Gasteiger partial charge in [-0.3, -0.25) is 14.6 Å². The molecule has 1 N–H and O–H groups in total. The van der Waals surface area contributed by atoms with Crippen molar-refractivity contribution in [2.75, 3.05) is 6.54 Å². The van der Waals surface area contributed by atoms with E-state index in [1.54, 1.807) is 0 Å². The quantitative estimate of drug-likeness (QED) is 0.557. The van der Waals surface area contributed by atoms with Crippen LogP contribution in [0.15, 0.2) is 61.1 Å². The maximum absolute atomic E-state index is 13.0. The van der Waals surface area contributed by atoms with Crippen LogP contribution in [-0.4, -0.2) is 43.4 Å². The summed E-state index contributed by atoms with van der Waals surface area (Å²) in [6.45, 7) is 5.76. The highest BCUT2D eigenvalue weighted by molar-refractivity contribution is 5.94. The molecule has 1 fully saturated rings. The van der Waals surface area contributed by atoms with Crippen molar-refractivity contribution in [2.24, 2.45) is 5.92 Å². The summed E-state index contributed by atoms with van der Waals surface area (Å²) in [6.07, 6.45) is 6.63. The van der Waals surface area contributed by atoms with Gasteiger partial charge in [0.2, 0.25) is 0 Å². The van der Waals surface area contributed by atoms with Crippen LogP contribution < -0.4 is 0 Å². The van der Waals surface area contributed by atoms with Crippen molar-refractivity contribution in [3.63, 3.8) is 0 Å². The summed E-state index contributed by atoms with van der Waals surface area (Å²) in [7, 11) is 0. The van der Waals surface area contributed by atoms with E-state index in [-0.39, 0.29) is 11.9 Å². The Morgan fingerprint density at radius 1 is 1.13 bits per heavy atom. The monoisotopic (exact) mass is 399 g/mol. The Bertz CT molecular complexity index is 1180. The number of aromatic amines is 1. The van der Waals surface area contributed by atoms with E-state index in [0.717, 1.165) is 47.1 Å². The first-order valence-corrected chi connectivity index (χ1v) is 10.4. The zero-order valence-electron chi connectivity index (χ0n) is 17.2. The zero-order valence-corrected chi connectivity index (χ0v) is 17.2. The molecule has 0 aliphatic carbocycles. The third kappa shape index (κ3) is 3.38. The van der Waals surface area contributed by atoms with Crippen LogP contribution in [0.4, 0.5) is 0 Å². The first kappa shape index (κ1) is 18.6. The van der Waals surface area contributed by atoms with Gasteiger partial charge in [-0.15, -0.1) is 0 Å². The number of fused-ring (bicyclic) bond motifs is 1. The molecule has 152 valence electrons. The summed E-state index contributed by atoms with van der Waals surface area (Å²) in [5, 5.41) is 12.6. The second-order valence-electron chi connectivity index (χ2n) is 8.36. The Morgan fingerprint density at radius 2 is 1.97 bits per heavy atom. The van der Waals surface area contributed by atoms with Crippen molar-refractivity contribution in [3.05, 3.63) is 72.2 Å². The fourth-order valence-corrected chi connectivity index (χ4v) is 4.49. The molecule has 2 aromatic carbocycles. The summed E-state index contributed by atoms with van der Waals surface area (Å²) in [5.74, 6) is 0.520. The van der Waals surface area contributed by atoms with Crippen molar-refractivity contribution in [3.8, 4) is 11.1 Å². The smallest absolute Gasteiger partial charge is 0.254 e. The first-order chi connectivity index (χ1) is 14.6. The number of hydrogen-bond donors (Lipinski definition) is 1. The van der Waals surface area contributed by atoms with Crippen LogP contribution in [0.2, 0.25) is 0 Å². The van der Waals surface area contributed by atoms with E-state index in [1.807, 2.05) is 54.7 Å². The van der Waals surface area contributed by atoms with E-state index >= 15 is 0 Å². The number of benzene rings is 2. The number of aromatic nitrogens is 4. The number of aryl methyl sites for hydroxylation is 1. The molecular weight excluding hydrogens is 374 g/mol. The SMILES string of the molecule is Cc1ccc(C(=O)N2C[C@@H](Cn3ncc4cc(-c5cn[nH]c5)ccc43)C[C@H]2C)cc1. The molecule has 2 atom stereocenters. The van der Waals surface area contributed by atoms with Crippen molar-refractivity contribution >= 4 is 16.8 Å². The van der Waals surface area contributed by atoms with Crippen LogP contribution in [-0.2, 0) is 6.54 Å². The molecule has 0 unspecified atom stereocenters. The lowest BCUT2D eigenvalue weighted by molar-refractivity contribution is 0.0742. The predicted octanol–water partition coefficient (Wildman–Crippen LogP) is 4.29. The highest BCUT2D eigenvalue weighted by Crippen LogP contribution is 2.28. The summed E-state index contributed by atoms with van der Waals surface area (Å²) >= 11 is 0. The minimum Gasteiger partial charge on any atom is -0.336 e. The van der Waals surface area contributed by atoms with E-state index in [0.29, 0.717) is 5.92 Å². The number of carbonyl (C=O) groups is 1. The molecule has 3 heterocycles. The van der Waals surface area contributed by atoms with Gasteiger partial charge >= 0.3 is 0 Å². The highest BCUT2D eigenvalue weighted by Gasteiger charge is 2.33. The molecule has 1 amide bonds. The average Bonchev–Trinajstić information content (AvgIpc) is 3.49. The third-order valence-electron chi connectivity index (χ3n) is 6.13. The second-order valence-corrected chi connectivity index (χ2v) is 8.36. The molecule has 2 aromatic heterocycles. The summed E-state index contributed by atoms with van der Waals surface area (Å²) in [4.78, 5) is 15.0. The maximum atomic E-state index is 13.0. The number of rotatable bonds is 4. The normalized spacial score (nSPS) is 18.9. The Kier molecular flexibility index (Phi) is 4.62. The molecule has 1 aliphatic rings. The number of amides is 1. The minimum atomic E-state index is 0.125. The van der Waals surface area contributed by atoms with Crippen molar-refractivity contribution < 1.29 is 4.79 Å². The van der Waals surface area contributed by atoms with E-state index in [1.165, 1.54) is 5.56 Å². The van der Waals surface area contributed by atoms with Gasteiger partial charge in [-0.05, 0) is 56.0 Å². The van der Waals surface area contributed by atoms with Crippen molar-refractivity contribution in [1.29, 1.82) is 0 Å². The largest absolute Gasteiger partial charge is 0.336 e. The maximum Gasteiger partial charge on any atom is 0.254 e. The van der Waals surface area contributed by atoms with Gasteiger partial charge < -0.3 is 4.90 Å². The number of nitrogens with one attached hydrogen (secondary N) is 1. The first-order valence-electron chi connectivity index (χ1n) is 10.4. The van der Waals surface area contributed by atoms with Gasteiger partial charge in [0.15, 0.2) is 0 Å². The summed E-state index contributed by atoms with van der Waals surface area (Å²) in [6, 6.07) is 14.5. The molecular formula is C24H25N5O. The Balaban J connectivity index is 1.32.